The number of hydrogen-bond acceptors (Lipinski definition) is 5. The van der Waals surface area contributed by atoms with Crippen molar-refractivity contribution in [2.45, 2.75) is 38.8 Å². The van der Waals surface area contributed by atoms with Crippen LogP contribution in [0.15, 0.2) is 48.5 Å². The van der Waals surface area contributed by atoms with Gasteiger partial charge in [-0.25, -0.2) is 15.1 Å². The lowest BCUT2D eigenvalue weighted by Crippen LogP contribution is -2.50. The van der Waals surface area contributed by atoms with Crippen LogP contribution in [0, 0.1) is 5.92 Å². The van der Waals surface area contributed by atoms with Gasteiger partial charge in [0.1, 0.15) is 12.6 Å². The van der Waals surface area contributed by atoms with Crippen LogP contribution in [0.4, 0.5) is 4.79 Å². The van der Waals surface area contributed by atoms with E-state index in [2.05, 4.69) is 10.8 Å². The number of amides is 2. The van der Waals surface area contributed by atoms with Crippen molar-refractivity contribution in [1.29, 1.82) is 0 Å². The van der Waals surface area contributed by atoms with E-state index in [1.54, 1.807) is 13.8 Å². The second-order valence-corrected chi connectivity index (χ2v) is 7.76. The first kappa shape index (κ1) is 22.3. The number of fused-ring (bicyclic) bond motifs is 3. The Labute approximate surface area is 180 Å². The van der Waals surface area contributed by atoms with E-state index in [-0.39, 0.29) is 18.4 Å². The van der Waals surface area contributed by atoms with Crippen LogP contribution in [0.3, 0.4) is 0 Å². The summed E-state index contributed by atoms with van der Waals surface area (Å²) in [6.45, 7) is 4.90. The number of carbonyl (C=O) groups is 3. The van der Waals surface area contributed by atoms with Gasteiger partial charge in [0.05, 0.1) is 0 Å². The number of hydroxylamine groups is 1. The maximum Gasteiger partial charge on any atom is 0.407 e. The minimum absolute atomic E-state index is 0.0933. The Morgan fingerprint density at radius 3 is 2.03 bits per heavy atom. The number of ether oxygens (including phenoxy) is 1. The zero-order valence-electron chi connectivity index (χ0n) is 17.6. The van der Waals surface area contributed by atoms with Gasteiger partial charge in [0, 0.05) is 5.92 Å². The number of nitrogens with one attached hydrogen (secondary N) is 2. The summed E-state index contributed by atoms with van der Waals surface area (Å²) in [5.41, 5.74) is 6.50. The van der Waals surface area contributed by atoms with Crippen molar-refractivity contribution in [3.8, 4) is 11.1 Å². The van der Waals surface area contributed by atoms with Crippen LogP contribution in [0.25, 0.3) is 11.1 Å². The van der Waals surface area contributed by atoms with Crippen LogP contribution < -0.4 is 10.8 Å². The maximum atomic E-state index is 12.4. The normalized spacial score (nSPS) is 14.3. The molecule has 0 aliphatic heterocycles. The molecule has 8 nitrogen and oxygen atoms in total. The van der Waals surface area contributed by atoms with Gasteiger partial charge in [-0.15, -0.1) is 0 Å². The van der Waals surface area contributed by atoms with Crippen molar-refractivity contribution in [2.24, 2.45) is 5.92 Å². The maximum absolute atomic E-state index is 12.4. The van der Waals surface area contributed by atoms with E-state index < -0.39 is 30.1 Å². The molecule has 3 N–H and O–H groups in total. The van der Waals surface area contributed by atoms with E-state index in [1.807, 2.05) is 48.5 Å². The molecule has 8 heteroatoms. The van der Waals surface area contributed by atoms with Gasteiger partial charge in [0.25, 0.3) is 5.91 Å². The summed E-state index contributed by atoms with van der Waals surface area (Å²) in [4.78, 5) is 40.4. The Bertz CT molecular complexity index is 929. The minimum Gasteiger partial charge on any atom is -0.479 e. The second-order valence-electron chi connectivity index (χ2n) is 7.76. The summed E-state index contributed by atoms with van der Waals surface area (Å²) >= 11 is 0. The standard InChI is InChI=1S/C23H26N2O6/c1-13(2)20(21(26)25-31-14(3)22(27)28)24-23(29)30-12-19-17-10-6-4-8-15(17)16-9-5-7-11-18(16)19/h4-11,13-14,19-20H,12H2,1-3H3,(H,24,29)(H,25,26)(H,27,28)/t14?,20-/m1/s1. The van der Waals surface area contributed by atoms with Crippen LogP contribution in [0.2, 0.25) is 0 Å². The smallest absolute Gasteiger partial charge is 0.407 e. The number of rotatable bonds is 8. The molecule has 1 aliphatic rings. The molecular formula is C23H26N2O6. The van der Waals surface area contributed by atoms with Crippen LogP contribution in [-0.2, 0) is 19.2 Å². The number of carboxylic acids is 1. The monoisotopic (exact) mass is 426 g/mol. The molecule has 2 atom stereocenters. The van der Waals surface area contributed by atoms with E-state index in [0.717, 1.165) is 22.3 Å². The second kappa shape index (κ2) is 9.61. The van der Waals surface area contributed by atoms with Crippen molar-refractivity contribution >= 4 is 18.0 Å². The molecule has 0 bridgehead atoms. The summed E-state index contributed by atoms with van der Waals surface area (Å²) in [6, 6.07) is 15.0. The molecule has 3 rings (SSSR count). The molecule has 1 unspecified atom stereocenters. The van der Waals surface area contributed by atoms with E-state index in [9.17, 15) is 14.4 Å². The highest BCUT2D eigenvalue weighted by atomic mass is 16.7. The number of carbonyl (C=O) groups excluding carboxylic acids is 2. The lowest BCUT2D eigenvalue weighted by atomic mass is 9.98. The van der Waals surface area contributed by atoms with Crippen molar-refractivity contribution in [1.82, 2.24) is 10.8 Å². The minimum atomic E-state index is -1.22. The number of benzene rings is 2. The predicted molar refractivity (Wildman–Crippen MR) is 113 cm³/mol. The van der Waals surface area contributed by atoms with Gasteiger partial charge < -0.3 is 15.2 Å². The Balaban J connectivity index is 1.62. The quantitative estimate of drug-likeness (QED) is 0.559. The van der Waals surface area contributed by atoms with Crippen molar-refractivity contribution < 1.29 is 29.1 Å². The summed E-state index contributed by atoms with van der Waals surface area (Å²) in [6.07, 6.45) is -1.95. The first-order valence-electron chi connectivity index (χ1n) is 10.1. The molecule has 2 aromatic carbocycles. The highest BCUT2D eigenvalue weighted by molar-refractivity contribution is 5.85. The first-order chi connectivity index (χ1) is 14.8. The van der Waals surface area contributed by atoms with E-state index in [4.69, 9.17) is 14.7 Å². The molecule has 0 spiro atoms. The van der Waals surface area contributed by atoms with Gasteiger partial charge in [-0.05, 0) is 35.1 Å². The highest BCUT2D eigenvalue weighted by Gasteiger charge is 2.30. The fraction of sp³-hybridized carbons (Fsp3) is 0.348. The molecule has 1 aliphatic carbocycles. The lowest BCUT2D eigenvalue weighted by molar-refractivity contribution is -0.159. The van der Waals surface area contributed by atoms with Crippen molar-refractivity contribution in [3.63, 3.8) is 0 Å². The summed E-state index contributed by atoms with van der Waals surface area (Å²) < 4.78 is 5.47. The van der Waals surface area contributed by atoms with Gasteiger partial charge in [0.2, 0.25) is 0 Å². The largest absolute Gasteiger partial charge is 0.479 e. The van der Waals surface area contributed by atoms with E-state index in [0.29, 0.717) is 0 Å². The fourth-order valence-electron chi connectivity index (χ4n) is 3.56. The average Bonchev–Trinajstić information content (AvgIpc) is 3.07. The summed E-state index contributed by atoms with van der Waals surface area (Å²) in [5.74, 6) is -2.24. The Morgan fingerprint density at radius 1 is 0.968 bits per heavy atom. The molecule has 2 aromatic rings. The van der Waals surface area contributed by atoms with E-state index >= 15 is 0 Å². The Hall–Kier alpha value is -3.39. The molecule has 164 valence electrons. The molecule has 2 amide bonds. The Morgan fingerprint density at radius 2 is 1.52 bits per heavy atom. The summed E-state index contributed by atoms with van der Waals surface area (Å²) in [7, 11) is 0. The third kappa shape index (κ3) is 5.03. The van der Waals surface area contributed by atoms with Crippen LogP contribution in [0.5, 0.6) is 0 Å². The molecule has 0 radical (unpaired) electrons. The molecule has 31 heavy (non-hydrogen) atoms. The fourth-order valence-corrected chi connectivity index (χ4v) is 3.56. The average molecular weight is 426 g/mol. The first-order valence-corrected chi connectivity index (χ1v) is 10.1. The number of aliphatic carboxylic acids is 1. The number of carboxylic acid groups (broad SMARTS) is 1. The van der Waals surface area contributed by atoms with Crippen LogP contribution in [-0.4, -0.2) is 41.8 Å². The zero-order valence-corrected chi connectivity index (χ0v) is 17.6. The molecule has 0 heterocycles. The van der Waals surface area contributed by atoms with Crippen LogP contribution >= 0.6 is 0 Å². The third-order valence-corrected chi connectivity index (χ3v) is 5.25. The molecule has 0 saturated heterocycles. The SMILES string of the molecule is CC(ONC(=O)[C@H](NC(=O)OCC1c2ccccc2-c2ccccc21)C(C)C)C(=O)O. The zero-order chi connectivity index (χ0) is 22.5. The summed E-state index contributed by atoms with van der Waals surface area (Å²) in [5, 5.41) is 11.4. The topological polar surface area (TPSA) is 114 Å². The number of alkyl carbamates (subject to hydrolysis) is 1. The molecule has 0 saturated carbocycles. The third-order valence-electron chi connectivity index (χ3n) is 5.25. The lowest BCUT2D eigenvalue weighted by Gasteiger charge is -2.22. The van der Waals surface area contributed by atoms with Gasteiger partial charge >= 0.3 is 12.1 Å². The van der Waals surface area contributed by atoms with Gasteiger partial charge in [-0.3, -0.25) is 9.63 Å². The van der Waals surface area contributed by atoms with Gasteiger partial charge in [-0.1, -0.05) is 62.4 Å². The predicted octanol–water partition coefficient (Wildman–Crippen LogP) is 3.07. The Kier molecular flexibility index (Phi) is 6.91. The number of hydrogen-bond donors (Lipinski definition) is 3. The van der Waals surface area contributed by atoms with Gasteiger partial charge in [0.15, 0.2) is 6.10 Å². The van der Waals surface area contributed by atoms with E-state index in [1.165, 1.54) is 6.92 Å². The van der Waals surface area contributed by atoms with Crippen molar-refractivity contribution in [3.05, 3.63) is 59.7 Å². The highest BCUT2D eigenvalue weighted by Crippen LogP contribution is 2.44. The van der Waals surface area contributed by atoms with Crippen LogP contribution in [0.1, 0.15) is 37.8 Å². The van der Waals surface area contributed by atoms with Crippen molar-refractivity contribution in [2.75, 3.05) is 6.61 Å². The molecular weight excluding hydrogens is 400 g/mol. The molecule has 0 aromatic heterocycles. The molecule has 0 fully saturated rings. The van der Waals surface area contributed by atoms with Gasteiger partial charge in [-0.2, -0.15) is 0 Å².